The number of hydrogen-bond acceptors (Lipinski definition) is 4. The van der Waals surface area contributed by atoms with Crippen LogP contribution in [0, 0.1) is 17.3 Å². The van der Waals surface area contributed by atoms with Crippen molar-refractivity contribution in [2.45, 2.75) is 39.5 Å². The zero-order valence-corrected chi connectivity index (χ0v) is 16.8. The number of rotatable bonds is 4. The topological polar surface area (TPSA) is 90.9 Å². The van der Waals surface area contributed by atoms with Crippen molar-refractivity contribution in [3.8, 4) is 0 Å². The van der Waals surface area contributed by atoms with E-state index in [9.17, 15) is 13.2 Å². The van der Waals surface area contributed by atoms with Gasteiger partial charge in [-0.1, -0.05) is 13.8 Å². The van der Waals surface area contributed by atoms with Gasteiger partial charge in [-0.25, -0.2) is 8.42 Å². The molecule has 2 atom stereocenters. The summed E-state index contributed by atoms with van der Waals surface area (Å²) in [6, 6.07) is 0. The van der Waals surface area contributed by atoms with Gasteiger partial charge in [0.1, 0.15) is 0 Å². The average Bonchev–Trinajstić information content (AvgIpc) is 3.09. The summed E-state index contributed by atoms with van der Waals surface area (Å²) in [5.74, 6) is 2.24. The lowest BCUT2D eigenvalue weighted by Gasteiger charge is -2.41. The van der Waals surface area contributed by atoms with E-state index >= 15 is 0 Å². The van der Waals surface area contributed by atoms with Crippen LogP contribution in [0.3, 0.4) is 0 Å². The van der Waals surface area contributed by atoms with E-state index in [-0.39, 0.29) is 23.0 Å². The first-order valence-electron chi connectivity index (χ1n) is 9.77. The predicted molar refractivity (Wildman–Crippen MR) is 103 cm³/mol. The second-order valence-electron chi connectivity index (χ2n) is 8.69. The number of guanidine groups is 1. The Morgan fingerprint density at radius 3 is 2.88 bits per heavy atom. The molecule has 3 heterocycles. The maximum absolute atomic E-state index is 11.7. The third-order valence-corrected chi connectivity index (χ3v) is 7.48. The molecule has 0 saturated carbocycles. The van der Waals surface area contributed by atoms with Crippen LogP contribution >= 0.6 is 0 Å². The Morgan fingerprint density at radius 2 is 2.27 bits per heavy atom. The molecule has 7 nitrogen and oxygen atoms in total. The highest BCUT2D eigenvalue weighted by Gasteiger charge is 2.42. The second kappa shape index (κ2) is 7.74. The third-order valence-electron chi connectivity index (χ3n) is 5.64. The summed E-state index contributed by atoms with van der Waals surface area (Å²) in [7, 11) is -2.86. The van der Waals surface area contributed by atoms with Crippen LogP contribution in [0.5, 0.6) is 0 Å². The molecule has 3 saturated heterocycles. The molecule has 3 rings (SSSR count). The summed E-state index contributed by atoms with van der Waals surface area (Å²) < 4.78 is 23.4. The van der Waals surface area contributed by atoms with E-state index in [2.05, 4.69) is 29.4 Å². The Hall–Kier alpha value is -1.31. The van der Waals surface area contributed by atoms with Crippen LogP contribution < -0.4 is 10.6 Å². The summed E-state index contributed by atoms with van der Waals surface area (Å²) in [6.07, 6.45) is 3.45. The minimum absolute atomic E-state index is 0.0202. The molecule has 148 valence electrons. The van der Waals surface area contributed by atoms with E-state index in [1.54, 1.807) is 0 Å². The highest BCUT2D eigenvalue weighted by molar-refractivity contribution is 7.91. The minimum atomic E-state index is -2.86. The van der Waals surface area contributed by atoms with Gasteiger partial charge in [0, 0.05) is 44.6 Å². The van der Waals surface area contributed by atoms with Crippen LogP contribution in [0.4, 0.5) is 0 Å². The van der Waals surface area contributed by atoms with Crippen molar-refractivity contribution < 1.29 is 13.2 Å². The van der Waals surface area contributed by atoms with E-state index in [0.717, 1.165) is 51.4 Å². The summed E-state index contributed by atoms with van der Waals surface area (Å²) in [4.78, 5) is 18.8. The zero-order valence-electron chi connectivity index (χ0n) is 16.0. The standard InChI is InChI=1S/C18H32N4O3S/c1-14(2)9-19-17(20-10-15-4-7-26(24,25)11-15)22-6-3-5-18(13-22)8-16(23)21-12-18/h14-15H,3-13H2,1-2H3,(H,19,20)(H,21,23). The molecule has 1 amide bonds. The molecular weight excluding hydrogens is 352 g/mol. The Morgan fingerprint density at radius 1 is 1.46 bits per heavy atom. The van der Waals surface area contributed by atoms with Crippen LogP contribution in [0.2, 0.25) is 0 Å². The maximum atomic E-state index is 11.7. The maximum Gasteiger partial charge on any atom is 0.220 e. The van der Waals surface area contributed by atoms with Gasteiger partial charge in [-0.2, -0.15) is 0 Å². The van der Waals surface area contributed by atoms with Gasteiger partial charge in [0.2, 0.25) is 5.91 Å². The third kappa shape index (κ3) is 4.90. The lowest BCUT2D eigenvalue weighted by molar-refractivity contribution is -0.119. The summed E-state index contributed by atoms with van der Waals surface area (Å²) in [5.41, 5.74) is 0.0202. The number of piperidine rings is 1. The Bertz CT molecular complexity index is 661. The van der Waals surface area contributed by atoms with Gasteiger partial charge < -0.3 is 15.5 Å². The average molecular weight is 385 g/mol. The number of sulfone groups is 1. The molecule has 0 radical (unpaired) electrons. The van der Waals surface area contributed by atoms with Gasteiger partial charge in [0.25, 0.3) is 0 Å². The molecule has 0 aliphatic carbocycles. The van der Waals surface area contributed by atoms with E-state index in [0.29, 0.717) is 24.6 Å². The van der Waals surface area contributed by atoms with Gasteiger partial charge in [-0.3, -0.25) is 9.79 Å². The first-order chi connectivity index (χ1) is 12.3. The van der Waals surface area contributed by atoms with Crippen molar-refractivity contribution in [2.24, 2.45) is 22.2 Å². The summed E-state index contributed by atoms with van der Waals surface area (Å²) in [5, 5.41) is 6.43. The van der Waals surface area contributed by atoms with Crippen LogP contribution in [0.25, 0.3) is 0 Å². The molecule has 0 aromatic rings. The molecule has 0 aromatic carbocycles. The first-order valence-corrected chi connectivity index (χ1v) is 11.6. The van der Waals surface area contributed by atoms with Crippen molar-refractivity contribution in [3.05, 3.63) is 0 Å². The van der Waals surface area contributed by atoms with E-state index in [1.165, 1.54) is 0 Å². The fourth-order valence-electron chi connectivity index (χ4n) is 4.23. The normalized spacial score (nSPS) is 31.7. The fraction of sp³-hybridized carbons (Fsp3) is 0.889. The molecule has 2 N–H and O–H groups in total. The van der Waals surface area contributed by atoms with E-state index in [4.69, 9.17) is 4.99 Å². The van der Waals surface area contributed by atoms with E-state index in [1.807, 2.05) is 0 Å². The van der Waals surface area contributed by atoms with Crippen molar-refractivity contribution in [3.63, 3.8) is 0 Å². The molecule has 3 aliphatic rings. The monoisotopic (exact) mass is 384 g/mol. The van der Waals surface area contributed by atoms with Gasteiger partial charge in [0.05, 0.1) is 11.5 Å². The number of carbonyl (C=O) groups excluding carboxylic acids is 1. The fourth-order valence-corrected chi connectivity index (χ4v) is 6.10. The number of carbonyl (C=O) groups is 1. The van der Waals surface area contributed by atoms with Gasteiger partial charge >= 0.3 is 0 Å². The number of hydrogen-bond donors (Lipinski definition) is 2. The summed E-state index contributed by atoms with van der Waals surface area (Å²) in [6.45, 7) is 8.19. The second-order valence-corrected chi connectivity index (χ2v) is 10.9. The largest absolute Gasteiger partial charge is 0.356 e. The van der Waals surface area contributed by atoms with Crippen LogP contribution in [-0.4, -0.2) is 69.4 Å². The Balaban J connectivity index is 1.65. The van der Waals surface area contributed by atoms with Crippen LogP contribution in [-0.2, 0) is 14.6 Å². The predicted octanol–water partition coefficient (Wildman–Crippen LogP) is 0.625. The van der Waals surface area contributed by atoms with Crippen molar-refractivity contribution in [1.29, 1.82) is 0 Å². The molecule has 2 unspecified atom stereocenters. The van der Waals surface area contributed by atoms with Gasteiger partial charge in [-0.05, 0) is 31.1 Å². The molecule has 0 bridgehead atoms. The Labute approximate surface area is 156 Å². The molecule has 3 aliphatic heterocycles. The molecular formula is C18H32N4O3S. The lowest BCUT2D eigenvalue weighted by Crippen LogP contribution is -2.52. The van der Waals surface area contributed by atoms with E-state index < -0.39 is 9.84 Å². The lowest BCUT2D eigenvalue weighted by atomic mass is 9.79. The highest BCUT2D eigenvalue weighted by atomic mass is 32.2. The number of nitrogens with one attached hydrogen (secondary N) is 2. The number of aliphatic imine (C=N–C) groups is 1. The summed E-state index contributed by atoms with van der Waals surface area (Å²) >= 11 is 0. The smallest absolute Gasteiger partial charge is 0.220 e. The number of amides is 1. The molecule has 3 fully saturated rings. The highest BCUT2D eigenvalue weighted by Crippen LogP contribution is 2.36. The number of nitrogens with zero attached hydrogens (tertiary/aromatic N) is 2. The van der Waals surface area contributed by atoms with Crippen LogP contribution in [0.1, 0.15) is 39.5 Å². The van der Waals surface area contributed by atoms with Gasteiger partial charge in [0.15, 0.2) is 15.8 Å². The molecule has 1 spiro atoms. The quantitative estimate of drug-likeness (QED) is 0.548. The molecule has 0 aromatic heterocycles. The van der Waals surface area contributed by atoms with Gasteiger partial charge in [-0.15, -0.1) is 0 Å². The van der Waals surface area contributed by atoms with Crippen molar-refractivity contribution >= 4 is 21.7 Å². The van der Waals surface area contributed by atoms with Crippen molar-refractivity contribution in [1.82, 2.24) is 15.5 Å². The first kappa shape index (κ1) is 19.5. The molecule has 26 heavy (non-hydrogen) atoms. The zero-order chi connectivity index (χ0) is 18.8. The molecule has 8 heteroatoms. The van der Waals surface area contributed by atoms with Crippen LogP contribution in [0.15, 0.2) is 4.99 Å². The van der Waals surface area contributed by atoms with Crippen molar-refractivity contribution in [2.75, 3.05) is 44.2 Å². The Kier molecular flexibility index (Phi) is 5.79. The number of likely N-dealkylation sites (tertiary alicyclic amines) is 1. The SMILES string of the molecule is CC(C)CN=C(NCC1CCS(=O)(=O)C1)N1CCCC2(CNC(=O)C2)C1. The minimum Gasteiger partial charge on any atom is -0.356 e.